The second-order valence-corrected chi connectivity index (χ2v) is 5.59. The molecule has 0 aliphatic carbocycles. The molecule has 1 atom stereocenters. The van der Waals surface area contributed by atoms with Gasteiger partial charge < -0.3 is 25.5 Å². The van der Waals surface area contributed by atoms with Crippen molar-refractivity contribution in [2.24, 2.45) is 0 Å². The summed E-state index contributed by atoms with van der Waals surface area (Å²) >= 11 is 0. The molecule has 0 aromatic carbocycles. The SMILES string of the molecule is C=C(C)C(=O)O.C=C(C)C(=O)O.C=C(C)C(=O)O.CC(O)C(C)(C)O. The molecule has 146 valence electrons. The van der Waals surface area contributed by atoms with Crippen molar-refractivity contribution in [3.63, 3.8) is 0 Å². The fourth-order valence-electron chi connectivity index (χ4n) is 0. The van der Waals surface area contributed by atoms with Crippen molar-refractivity contribution in [3.05, 3.63) is 36.5 Å². The molecule has 0 bridgehead atoms. The van der Waals surface area contributed by atoms with Crippen LogP contribution >= 0.6 is 0 Å². The second kappa shape index (κ2) is 15.1. The summed E-state index contributed by atoms with van der Waals surface area (Å²) in [6.07, 6.45) is -0.646. The van der Waals surface area contributed by atoms with Crippen molar-refractivity contribution in [1.29, 1.82) is 0 Å². The first-order valence-electron chi connectivity index (χ1n) is 6.94. The Morgan fingerprint density at radius 1 is 0.760 bits per heavy atom. The Morgan fingerprint density at radius 2 is 0.840 bits per heavy atom. The normalized spacial score (nSPS) is 10.1. The molecule has 0 aromatic heterocycles. The maximum absolute atomic E-state index is 9.60. The molecular weight excluding hydrogens is 332 g/mol. The lowest BCUT2D eigenvalue weighted by molar-refractivity contribution is -0.133. The van der Waals surface area contributed by atoms with E-state index >= 15 is 0 Å². The van der Waals surface area contributed by atoms with Crippen LogP contribution in [-0.4, -0.2) is 55.1 Å². The summed E-state index contributed by atoms with van der Waals surface area (Å²) < 4.78 is 0. The number of aliphatic hydroxyl groups is 2. The van der Waals surface area contributed by atoms with Crippen molar-refractivity contribution in [2.45, 2.75) is 53.2 Å². The Kier molecular flexibility index (Phi) is 18.4. The molecule has 25 heavy (non-hydrogen) atoms. The van der Waals surface area contributed by atoms with E-state index in [2.05, 4.69) is 19.7 Å². The Hall–Kier alpha value is -2.45. The van der Waals surface area contributed by atoms with Crippen LogP contribution in [0, 0.1) is 0 Å². The summed E-state index contributed by atoms with van der Waals surface area (Å²) in [7, 11) is 0. The van der Waals surface area contributed by atoms with E-state index in [1.165, 1.54) is 20.8 Å². The quantitative estimate of drug-likeness (QED) is 0.477. The molecule has 0 fully saturated rings. The van der Waals surface area contributed by atoms with Gasteiger partial charge in [-0.15, -0.1) is 0 Å². The number of carboxylic acids is 3. The van der Waals surface area contributed by atoms with Crippen LogP contribution in [0.25, 0.3) is 0 Å². The van der Waals surface area contributed by atoms with Gasteiger partial charge in [-0.05, 0) is 41.5 Å². The Labute approximate surface area is 148 Å². The first-order chi connectivity index (χ1) is 10.9. The van der Waals surface area contributed by atoms with E-state index in [-0.39, 0.29) is 16.7 Å². The summed E-state index contributed by atoms with van der Waals surface area (Å²) in [4.78, 5) is 28.8. The van der Waals surface area contributed by atoms with Crippen LogP contribution in [0.15, 0.2) is 36.5 Å². The van der Waals surface area contributed by atoms with Crippen molar-refractivity contribution in [1.82, 2.24) is 0 Å². The molecule has 8 nitrogen and oxygen atoms in total. The summed E-state index contributed by atoms with van der Waals surface area (Å²) in [6, 6.07) is 0. The maximum atomic E-state index is 9.60. The van der Waals surface area contributed by atoms with E-state index in [0.717, 1.165) is 0 Å². The average molecular weight is 362 g/mol. The summed E-state index contributed by atoms with van der Waals surface area (Å²) in [5.41, 5.74) is -0.417. The molecule has 0 saturated heterocycles. The lowest BCUT2D eigenvalue weighted by Gasteiger charge is -2.19. The molecule has 0 aromatic rings. The predicted octanol–water partition coefficient (Wildman–Crippen LogP) is 2.08. The standard InChI is InChI=1S/C5H12O2.3C4H6O2/c1-4(6)5(2,3)7;3*1-3(2)4(5)6/h4,6-7H,1-3H3;3*1H2,2H3,(H,5,6). The van der Waals surface area contributed by atoms with Crippen LogP contribution in [-0.2, 0) is 14.4 Å². The van der Waals surface area contributed by atoms with Crippen LogP contribution < -0.4 is 0 Å². The third-order valence-corrected chi connectivity index (χ3v) is 2.12. The predicted molar refractivity (Wildman–Crippen MR) is 95.3 cm³/mol. The number of carbonyl (C=O) groups is 3. The minimum absolute atomic E-state index is 0.176. The number of aliphatic carboxylic acids is 3. The summed E-state index contributed by atoms with van der Waals surface area (Å²) in [5.74, 6) is -2.81. The first kappa shape index (κ1) is 30.4. The number of hydrogen-bond donors (Lipinski definition) is 5. The van der Waals surface area contributed by atoms with Crippen LogP contribution in [0.2, 0.25) is 0 Å². The molecule has 0 rings (SSSR count). The van der Waals surface area contributed by atoms with E-state index in [4.69, 9.17) is 25.5 Å². The topological polar surface area (TPSA) is 152 Å². The minimum Gasteiger partial charge on any atom is -0.478 e. The molecule has 1 unspecified atom stereocenters. The molecule has 5 N–H and O–H groups in total. The highest BCUT2D eigenvalue weighted by Crippen LogP contribution is 2.05. The second-order valence-electron chi connectivity index (χ2n) is 5.59. The molecule has 0 spiro atoms. The van der Waals surface area contributed by atoms with Crippen molar-refractivity contribution >= 4 is 17.9 Å². The summed E-state index contributed by atoms with van der Waals surface area (Å²) in [6.45, 7) is 18.5. The van der Waals surface area contributed by atoms with Gasteiger partial charge in [0.1, 0.15) is 0 Å². The van der Waals surface area contributed by atoms with E-state index in [1.807, 2.05) is 0 Å². The Balaban J connectivity index is -0.000000118. The van der Waals surface area contributed by atoms with Gasteiger partial charge in [0.25, 0.3) is 0 Å². The monoisotopic (exact) mass is 362 g/mol. The summed E-state index contributed by atoms with van der Waals surface area (Å²) in [5, 5.41) is 41.2. The fourth-order valence-corrected chi connectivity index (χ4v) is 0. The molecule has 0 heterocycles. The molecule has 0 radical (unpaired) electrons. The van der Waals surface area contributed by atoms with Crippen molar-refractivity contribution < 1.29 is 39.9 Å². The third-order valence-electron chi connectivity index (χ3n) is 2.12. The van der Waals surface area contributed by atoms with Gasteiger partial charge in [0.05, 0.1) is 11.7 Å². The van der Waals surface area contributed by atoms with E-state index in [0.29, 0.717) is 0 Å². The third kappa shape index (κ3) is 34.1. The molecule has 0 aliphatic heterocycles. The van der Waals surface area contributed by atoms with Crippen LogP contribution in [0.5, 0.6) is 0 Å². The Morgan fingerprint density at radius 3 is 0.840 bits per heavy atom. The van der Waals surface area contributed by atoms with Crippen LogP contribution in [0.1, 0.15) is 41.5 Å². The largest absolute Gasteiger partial charge is 0.478 e. The molecule has 0 saturated carbocycles. The fraction of sp³-hybridized carbons (Fsp3) is 0.471. The van der Waals surface area contributed by atoms with Gasteiger partial charge in [0.2, 0.25) is 0 Å². The van der Waals surface area contributed by atoms with E-state index in [1.54, 1.807) is 20.8 Å². The molecular formula is C17H30O8. The van der Waals surface area contributed by atoms with E-state index in [9.17, 15) is 14.4 Å². The lowest BCUT2D eigenvalue weighted by Crippen LogP contribution is -2.32. The van der Waals surface area contributed by atoms with Gasteiger partial charge in [-0.1, -0.05) is 19.7 Å². The zero-order chi connectivity index (χ0) is 21.5. The highest BCUT2D eigenvalue weighted by atomic mass is 16.4. The van der Waals surface area contributed by atoms with Gasteiger partial charge in [0.15, 0.2) is 0 Å². The van der Waals surface area contributed by atoms with Gasteiger partial charge >= 0.3 is 17.9 Å². The van der Waals surface area contributed by atoms with Gasteiger partial charge in [-0.3, -0.25) is 0 Å². The minimum atomic E-state index is -0.944. The highest BCUT2D eigenvalue weighted by Gasteiger charge is 2.18. The highest BCUT2D eigenvalue weighted by molar-refractivity contribution is 5.85. The zero-order valence-corrected chi connectivity index (χ0v) is 15.7. The smallest absolute Gasteiger partial charge is 0.330 e. The molecule has 8 heteroatoms. The maximum Gasteiger partial charge on any atom is 0.330 e. The van der Waals surface area contributed by atoms with Gasteiger partial charge in [-0.2, -0.15) is 0 Å². The molecule has 0 amide bonds. The number of aliphatic hydroxyl groups excluding tert-OH is 1. The van der Waals surface area contributed by atoms with Crippen LogP contribution in [0.4, 0.5) is 0 Å². The molecule has 0 aliphatic rings. The van der Waals surface area contributed by atoms with E-state index < -0.39 is 29.6 Å². The number of hydrogen-bond acceptors (Lipinski definition) is 5. The number of rotatable bonds is 4. The van der Waals surface area contributed by atoms with Crippen molar-refractivity contribution in [2.75, 3.05) is 0 Å². The zero-order valence-electron chi connectivity index (χ0n) is 15.7. The Bertz CT molecular complexity index is 388. The first-order valence-corrected chi connectivity index (χ1v) is 6.94. The van der Waals surface area contributed by atoms with Crippen molar-refractivity contribution in [3.8, 4) is 0 Å². The van der Waals surface area contributed by atoms with Gasteiger partial charge in [0, 0.05) is 16.7 Å². The average Bonchev–Trinajstić information content (AvgIpc) is 2.39. The lowest BCUT2D eigenvalue weighted by atomic mass is 10.0. The van der Waals surface area contributed by atoms with Gasteiger partial charge in [-0.25, -0.2) is 14.4 Å². The van der Waals surface area contributed by atoms with Crippen LogP contribution in [0.3, 0.4) is 0 Å². The number of carboxylic acid groups (broad SMARTS) is 3.